The minimum atomic E-state index is -1.31. The van der Waals surface area contributed by atoms with Gasteiger partial charge in [0.05, 0.1) is 19.3 Å². The summed E-state index contributed by atoms with van der Waals surface area (Å²) in [4.78, 5) is 23.4. The van der Waals surface area contributed by atoms with Gasteiger partial charge in [-0.15, -0.1) is 0 Å². The van der Waals surface area contributed by atoms with Crippen molar-refractivity contribution >= 4 is 11.8 Å². The van der Waals surface area contributed by atoms with Gasteiger partial charge in [0, 0.05) is 34.2 Å². The van der Waals surface area contributed by atoms with Crippen molar-refractivity contribution in [2.45, 2.75) is 62.9 Å². The molecule has 0 radical (unpaired) electrons. The lowest BCUT2D eigenvalue weighted by atomic mass is 9.97. The smallest absolute Gasteiger partial charge is 0.220 e. The molecule has 29 heavy (non-hydrogen) atoms. The van der Waals surface area contributed by atoms with Crippen LogP contribution in [0.1, 0.15) is 26.2 Å². The van der Waals surface area contributed by atoms with Crippen LogP contribution in [0.4, 0.5) is 0 Å². The number of rotatable bonds is 13. The van der Waals surface area contributed by atoms with Crippen molar-refractivity contribution in [1.29, 1.82) is 0 Å². The van der Waals surface area contributed by atoms with Gasteiger partial charge >= 0.3 is 0 Å². The molecule has 1 fully saturated rings. The molecule has 0 spiro atoms. The van der Waals surface area contributed by atoms with E-state index in [2.05, 4.69) is 10.6 Å². The molecule has 1 rings (SSSR count). The molecule has 1 heterocycles. The number of hydrogen-bond acceptors (Lipinski definition) is 8. The number of aliphatic hydroxyl groups is 2. The Bertz CT molecular complexity index is 488. The van der Waals surface area contributed by atoms with E-state index in [0.717, 1.165) is 0 Å². The number of aliphatic hydroxyl groups excluding tert-OH is 2. The van der Waals surface area contributed by atoms with Crippen molar-refractivity contribution in [3.63, 3.8) is 0 Å². The van der Waals surface area contributed by atoms with Gasteiger partial charge in [-0.3, -0.25) is 9.59 Å². The first kappa shape index (κ1) is 25.7. The van der Waals surface area contributed by atoms with E-state index in [9.17, 15) is 19.8 Å². The summed E-state index contributed by atoms with van der Waals surface area (Å²) >= 11 is 0. The second-order valence-corrected chi connectivity index (χ2v) is 6.96. The van der Waals surface area contributed by atoms with Crippen molar-refractivity contribution < 1.29 is 43.9 Å². The van der Waals surface area contributed by atoms with Crippen LogP contribution >= 0.6 is 0 Å². The van der Waals surface area contributed by atoms with Gasteiger partial charge in [0.15, 0.2) is 19.0 Å². The van der Waals surface area contributed by atoms with Crippen LogP contribution in [0, 0.1) is 0 Å². The predicted molar refractivity (Wildman–Crippen MR) is 102 cm³/mol. The molecule has 0 aromatic carbocycles. The summed E-state index contributed by atoms with van der Waals surface area (Å²) in [7, 11) is 3.10. The van der Waals surface area contributed by atoms with Gasteiger partial charge < -0.3 is 44.9 Å². The second-order valence-electron chi connectivity index (χ2n) is 6.96. The Morgan fingerprint density at radius 1 is 1.14 bits per heavy atom. The van der Waals surface area contributed by atoms with E-state index in [1.165, 1.54) is 6.92 Å². The molecule has 1 aliphatic heterocycles. The van der Waals surface area contributed by atoms with Crippen LogP contribution in [-0.4, -0.2) is 104 Å². The number of hydrogen-bond donors (Lipinski definition) is 4. The van der Waals surface area contributed by atoms with E-state index in [0.29, 0.717) is 32.5 Å². The Morgan fingerprint density at radius 3 is 2.34 bits per heavy atom. The molecular formula is C18H35N2O9+. The van der Waals surface area contributed by atoms with E-state index in [1.54, 1.807) is 14.2 Å². The summed E-state index contributed by atoms with van der Waals surface area (Å²) in [6, 6.07) is -1.16. The first-order valence-electron chi connectivity index (χ1n) is 9.66. The third-order valence-electron chi connectivity index (χ3n) is 4.45. The highest BCUT2D eigenvalue weighted by molar-refractivity contribution is 5.76. The van der Waals surface area contributed by atoms with Gasteiger partial charge in [-0.25, -0.2) is 0 Å². The molecule has 0 aromatic heterocycles. The van der Waals surface area contributed by atoms with Crippen LogP contribution in [0.25, 0.3) is 0 Å². The number of unbranched alkanes of at least 4 members (excludes halogenated alkanes) is 1. The number of carbonyl (C=O) groups is 2. The number of nitrogens with one attached hydrogen (secondary N) is 2. The molecule has 6 N–H and O–H groups in total. The quantitative estimate of drug-likeness (QED) is 0.189. The number of amides is 2. The summed E-state index contributed by atoms with van der Waals surface area (Å²) in [5.74, 6) is -0.525. The van der Waals surface area contributed by atoms with Gasteiger partial charge in [0.25, 0.3) is 0 Å². The van der Waals surface area contributed by atoms with Gasteiger partial charge in [-0.05, 0) is 12.8 Å². The van der Waals surface area contributed by atoms with Gasteiger partial charge in [-0.2, -0.15) is 0 Å². The summed E-state index contributed by atoms with van der Waals surface area (Å²) in [5.41, 5.74) is 0. The molecule has 11 heteroatoms. The van der Waals surface area contributed by atoms with Crippen molar-refractivity contribution in [3.8, 4) is 0 Å². The fourth-order valence-electron chi connectivity index (χ4n) is 3.05. The lowest BCUT2D eigenvalue weighted by Gasteiger charge is -2.41. The number of carbonyl (C=O) groups excluding carboxylic acids is 2. The normalized spacial score (nSPS) is 27.1. The highest BCUT2D eigenvalue weighted by atomic mass is 16.7. The molecule has 3 unspecified atom stereocenters. The van der Waals surface area contributed by atoms with Crippen LogP contribution in [0.2, 0.25) is 0 Å². The van der Waals surface area contributed by atoms with E-state index in [-0.39, 0.29) is 25.2 Å². The topological polar surface area (TPSA) is 158 Å². The van der Waals surface area contributed by atoms with Gasteiger partial charge in [0.2, 0.25) is 11.8 Å². The van der Waals surface area contributed by atoms with Crippen molar-refractivity contribution in [2.75, 3.05) is 40.6 Å². The average molecular weight is 423 g/mol. The van der Waals surface area contributed by atoms with E-state index < -0.39 is 36.6 Å². The highest BCUT2D eigenvalue weighted by Crippen LogP contribution is 2.22. The predicted octanol–water partition coefficient (Wildman–Crippen LogP) is -2.37. The Kier molecular flexibility index (Phi) is 12.2. The molecule has 2 amide bonds. The molecule has 0 aromatic rings. The Labute approximate surface area is 170 Å². The number of methoxy groups -OCH3 is 2. The summed E-state index contributed by atoms with van der Waals surface area (Å²) in [5, 5.41) is 33.0. The molecule has 5 atom stereocenters. The maximum absolute atomic E-state index is 12.0. The number of ether oxygens (including phenoxy) is 4. The fraction of sp³-hybridized carbons (Fsp3) is 0.889. The molecule has 0 aliphatic carbocycles. The summed E-state index contributed by atoms with van der Waals surface area (Å²) < 4.78 is 21.2. The maximum Gasteiger partial charge on any atom is 0.220 e. The van der Waals surface area contributed by atoms with Crippen LogP contribution in [0.15, 0.2) is 0 Å². The van der Waals surface area contributed by atoms with Crippen LogP contribution in [-0.2, 0) is 28.5 Å². The van der Waals surface area contributed by atoms with Crippen LogP contribution in [0.3, 0.4) is 0 Å². The van der Waals surface area contributed by atoms with E-state index in [4.69, 9.17) is 24.1 Å². The second kappa shape index (κ2) is 13.8. The Hall–Kier alpha value is -1.34. The lowest BCUT2D eigenvalue weighted by molar-refractivity contribution is -0.270. The fourth-order valence-corrected chi connectivity index (χ4v) is 3.05. The molecule has 0 saturated carbocycles. The summed E-state index contributed by atoms with van der Waals surface area (Å²) in [6.07, 6.45) is -3.10. The molecule has 0 bridgehead atoms. The first-order valence-corrected chi connectivity index (χ1v) is 9.66. The van der Waals surface area contributed by atoms with Gasteiger partial charge in [-0.1, -0.05) is 0 Å². The third-order valence-corrected chi connectivity index (χ3v) is 4.45. The zero-order valence-corrected chi connectivity index (χ0v) is 17.3. The average Bonchev–Trinajstić information content (AvgIpc) is 2.66. The molecule has 1 saturated heterocycles. The Morgan fingerprint density at radius 2 is 1.79 bits per heavy atom. The largest absolute Gasteiger partial charge is 0.443 e. The SMILES string of the molecule is COCC(COC)NC(=O)CCCCO[C@@H]1OC(C[OH2+])[C@H](O)C(O)C1NC(C)=O. The standard InChI is InChI=1S/C18H34N2O9/c1-11(22)19-15-17(25)16(24)13(8-21)29-18(15)28-7-5-4-6-14(23)20-12(9-26-2)10-27-3/h12-13,15-18,21,24-25H,4-10H2,1-3H3,(H,19,22)(H,20,23)/p+1/t13?,15?,16-,17?,18+/m0/s1. The van der Waals surface area contributed by atoms with E-state index in [1.807, 2.05) is 0 Å². The zero-order chi connectivity index (χ0) is 21.8. The monoisotopic (exact) mass is 423 g/mol. The van der Waals surface area contributed by atoms with Gasteiger partial charge in [0.1, 0.15) is 18.2 Å². The van der Waals surface area contributed by atoms with Crippen molar-refractivity contribution in [2.24, 2.45) is 0 Å². The Balaban J connectivity index is 2.41. The molecule has 1 aliphatic rings. The highest BCUT2D eigenvalue weighted by Gasteiger charge is 2.46. The van der Waals surface area contributed by atoms with Crippen molar-refractivity contribution in [3.05, 3.63) is 0 Å². The zero-order valence-electron chi connectivity index (χ0n) is 17.3. The summed E-state index contributed by atoms with van der Waals surface area (Å²) in [6.45, 7) is 1.97. The molecule has 170 valence electrons. The van der Waals surface area contributed by atoms with Crippen molar-refractivity contribution in [1.82, 2.24) is 10.6 Å². The van der Waals surface area contributed by atoms with Crippen LogP contribution < -0.4 is 10.6 Å². The minimum absolute atomic E-state index is 0.123. The first-order chi connectivity index (χ1) is 13.8. The maximum atomic E-state index is 12.0. The molecular weight excluding hydrogens is 388 g/mol. The molecule has 11 nitrogen and oxygen atoms in total. The lowest BCUT2D eigenvalue weighted by Crippen LogP contribution is -2.64. The minimum Gasteiger partial charge on any atom is -0.443 e. The van der Waals surface area contributed by atoms with E-state index >= 15 is 0 Å². The third kappa shape index (κ3) is 8.91. The van der Waals surface area contributed by atoms with Crippen LogP contribution in [0.5, 0.6) is 0 Å².